The summed E-state index contributed by atoms with van der Waals surface area (Å²) in [5, 5.41) is 7.31. The fourth-order valence-corrected chi connectivity index (χ4v) is 4.59. The highest BCUT2D eigenvalue weighted by molar-refractivity contribution is 7.94. The molecular weight excluding hydrogens is 417 g/mol. The first kappa shape index (κ1) is 21.6. The standard InChI is InChI=1S/C16H18FN3O4S2.ClH/c1-10-15(18-6-7-24-10)16(21)19-11-4-5-12(17)13(9-11)20-26(22,23)14-3-2-8-25-14;/h2-5,8-10,15,18,20H,6-7H2,1H3,(H,19,21);1H/t10-,15+;/m1./s1. The van der Waals surface area contributed by atoms with Gasteiger partial charge in [0.05, 0.1) is 18.4 Å². The van der Waals surface area contributed by atoms with Gasteiger partial charge in [0.25, 0.3) is 10.0 Å². The van der Waals surface area contributed by atoms with Crippen molar-refractivity contribution in [1.29, 1.82) is 0 Å². The van der Waals surface area contributed by atoms with Crippen molar-refractivity contribution in [2.45, 2.75) is 23.3 Å². The Hall–Kier alpha value is -1.72. The van der Waals surface area contributed by atoms with Gasteiger partial charge in [0.1, 0.15) is 16.1 Å². The lowest BCUT2D eigenvalue weighted by Gasteiger charge is -2.29. The topological polar surface area (TPSA) is 96.5 Å². The summed E-state index contributed by atoms with van der Waals surface area (Å²) >= 11 is 1.02. The summed E-state index contributed by atoms with van der Waals surface area (Å²) in [5.41, 5.74) is 0.0388. The first-order valence-corrected chi connectivity index (χ1v) is 10.2. The molecule has 1 amide bonds. The molecule has 1 saturated heterocycles. The molecule has 1 fully saturated rings. The number of carbonyl (C=O) groups excluding carboxylic acids is 1. The van der Waals surface area contributed by atoms with Gasteiger partial charge >= 0.3 is 0 Å². The van der Waals surface area contributed by atoms with E-state index in [4.69, 9.17) is 4.74 Å². The molecule has 1 aromatic heterocycles. The zero-order valence-corrected chi connectivity index (χ0v) is 16.7. The van der Waals surface area contributed by atoms with E-state index in [1.165, 1.54) is 18.2 Å². The minimum Gasteiger partial charge on any atom is -0.375 e. The molecule has 2 atom stereocenters. The van der Waals surface area contributed by atoms with E-state index < -0.39 is 21.9 Å². The van der Waals surface area contributed by atoms with E-state index in [0.29, 0.717) is 13.2 Å². The lowest BCUT2D eigenvalue weighted by atomic mass is 10.1. The second-order valence-electron chi connectivity index (χ2n) is 5.73. The number of hydrogen-bond donors (Lipinski definition) is 3. The molecule has 2 heterocycles. The van der Waals surface area contributed by atoms with E-state index in [0.717, 1.165) is 17.4 Å². The Labute approximate surface area is 166 Å². The molecular formula is C16H19ClFN3O4S2. The van der Waals surface area contributed by atoms with E-state index in [1.807, 2.05) is 0 Å². The van der Waals surface area contributed by atoms with Crippen molar-refractivity contribution < 1.29 is 22.3 Å². The molecule has 0 unspecified atom stereocenters. The van der Waals surface area contributed by atoms with E-state index >= 15 is 0 Å². The first-order chi connectivity index (χ1) is 12.4. The van der Waals surface area contributed by atoms with Crippen molar-refractivity contribution in [3.63, 3.8) is 0 Å². The van der Waals surface area contributed by atoms with E-state index in [-0.39, 0.29) is 40.0 Å². The molecule has 1 aliphatic heterocycles. The van der Waals surface area contributed by atoms with Crippen molar-refractivity contribution >= 4 is 51.0 Å². The number of morpholine rings is 1. The zero-order valence-electron chi connectivity index (χ0n) is 14.3. The molecule has 7 nitrogen and oxygen atoms in total. The minimum atomic E-state index is -3.88. The molecule has 2 aromatic rings. The Bertz CT molecular complexity index is 893. The number of hydrogen-bond acceptors (Lipinski definition) is 6. The number of thiophene rings is 1. The van der Waals surface area contributed by atoms with Crippen LogP contribution >= 0.6 is 23.7 Å². The maximum absolute atomic E-state index is 14.0. The monoisotopic (exact) mass is 435 g/mol. The highest BCUT2D eigenvalue weighted by atomic mass is 35.5. The predicted molar refractivity (Wildman–Crippen MR) is 105 cm³/mol. The number of carbonyl (C=O) groups is 1. The molecule has 1 aromatic carbocycles. The van der Waals surface area contributed by atoms with Gasteiger partial charge in [0, 0.05) is 12.2 Å². The number of rotatable bonds is 5. The SMILES string of the molecule is C[C@H]1OCCN[C@@H]1C(=O)Nc1ccc(F)c(NS(=O)(=O)c2cccs2)c1.Cl. The molecule has 148 valence electrons. The summed E-state index contributed by atoms with van der Waals surface area (Å²) in [5.74, 6) is -1.08. The molecule has 3 N–H and O–H groups in total. The van der Waals surface area contributed by atoms with Gasteiger partial charge in [-0.3, -0.25) is 9.52 Å². The van der Waals surface area contributed by atoms with Crippen LogP contribution in [0.2, 0.25) is 0 Å². The average molecular weight is 436 g/mol. The van der Waals surface area contributed by atoms with Gasteiger partial charge in [-0.05, 0) is 36.6 Å². The number of nitrogens with one attached hydrogen (secondary N) is 3. The molecule has 0 saturated carbocycles. The summed E-state index contributed by atoms with van der Waals surface area (Å²) in [7, 11) is -3.88. The highest BCUT2D eigenvalue weighted by Crippen LogP contribution is 2.25. The number of benzene rings is 1. The van der Waals surface area contributed by atoms with Crippen LogP contribution in [0.25, 0.3) is 0 Å². The summed E-state index contributed by atoms with van der Waals surface area (Å²) in [6.07, 6.45) is -0.305. The van der Waals surface area contributed by atoms with Gasteiger partial charge in [-0.15, -0.1) is 23.7 Å². The van der Waals surface area contributed by atoms with Crippen LogP contribution in [0.15, 0.2) is 39.9 Å². The number of sulfonamides is 1. The highest BCUT2D eigenvalue weighted by Gasteiger charge is 2.28. The van der Waals surface area contributed by atoms with Crippen molar-refractivity contribution in [2.75, 3.05) is 23.2 Å². The van der Waals surface area contributed by atoms with Crippen molar-refractivity contribution in [3.05, 3.63) is 41.5 Å². The van der Waals surface area contributed by atoms with Crippen LogP contribution in [-0.2, 0) is 19.6 Å². The Kier molecular flexibility index (Phi) is 7.18. The second-order valence-corrected chi connectivity index (χ2v) is 8.59. The van der Waals surface area contributed by atoms with E-state index in [1.54, 1.807) is 18.4 Å². The zero-order chi connectivity index (χ0) is 18.7. The number of amides is 1. The molecule has 1 aliphatic rings. The fraction of sp³-hybridized carbons (Fsp3) is 0.312. The van der Waals surface area contributed by atoms with E-state index in [2.05, 4.69) is 15.4 Å². The summed E-state index contributed by atoms with van der Waals surface area (Å²) in [6.45, 7) is 2.86. The minimum absolute atomic E-state index is 0. The predicted octanol–water partition coefficient (Wildman–Crippen LogP) is 2.43. The Morgan fingerprint density at radius 1 is 1.37 bits per heavy atom. The fourth-order valence-electron chi connectivity index (χ4n) is 2.54. The van der Waals surface area contributed by atoms with E-state index in [9.17, 15) is 17.6 Å². The maximum atomic E-state index is 14.0. The lowest BCUT2D eigenvalue weighted by molar-refractivity contribution is -0.123. The van der Waals surface area contributed by atoms with Crippen molar-refractivity contribution in [1.82, 2.24) is 5.32 Å². The molecule has 3 rings (SSSR count). The Morgan fingerprint density at radius 3 is 2.81 bits per heavy atom. The summed E-state index contributed by atoms with van der Waals surface area (Å²) in [6, 6.07) is 6.17. The van der Waals surface area contributed by atoms with Crippen LogP contribution in [0.4, 0.5) is 15.8 Å². The van der Waals surface area contributed by atoms with Gasteiger partial charge in [0.15, 0.2) is 0 Å². The smallest absolute Gasteiger partial charge is 0.271 e. The maximum Gasteiger partial charge on any atom is 0.271 e. The Balaban J connectivity index is 0.00000261. The van der Waals surface area contributed by atoms with Crippen molar-refractivity contribution in [3.8, 4) is 0 Å². The van der Waals surface area contributed by atoms with Gasteiger partial charge in [-0.2, -0.15) is 0 Å². The molecule has 0 bridgehead atoms. The molecule has 0 spiro atoms. The third kappa shape index (κ3) is 5.17. The molecule has 0 radical (unpaired) electrons. The molecule has 27 heavy (non-hydrogen) atoms. The summed E-state index contributed by atoms with van der Waals surface area (Å²) in [4.78, 5) is 12.4. The largest absolute Gasteiger partial charge is 0.375 e. The first-order valence-electron chi connectivity index (χ1n) is 7.88. The average Bonchev–Trinajstić information content (AvgIpc) is 3.13. The van der Waals surface area contributed by atoms with Crippen LogP contribution in [0.1, 0.15) is 6.92 Å². The van der Waals surface area contributed by atoms with Gasteiger partial charge in [-0.25, -0.2) is 12.8 Å². The van der Waals surface area contributed by atoms with Crippen LogP contribution in [0.5, 0.6) is 0 Å². The van der Waals surface area contributed by atoms with Crippen LogP contribution < -0.4 is 15.4 Å². The normalized spacial score (nSPS) is 19.8. The quantitative estimate of drug-likeness (QED) is 0.670. The van der Waals surface area contributed by atoms with Gasteiger partial charge in [-0.1, -0.05) is 6.07 Å². The summed E-state index contributed by atoms with van der Waals surface area (Å²) < 4.78 is 46.2. The Morgan fingerprint density at radius 2 is 2.15 bits per heavy atom. The number of halogens is 2. The van der Waals surface area contributed by atoms with Crippen LogP contribution in [-0.4, -0.2) is 39.6 Å². The third-order valence-electron chi connectivity index (χ3n) is 3.84. The molecule has 0 aliphatic carbocycles. The van der Waals surface area contributed by atoms with Crippen molar-refractivity contribution in [2.24, 2.45) is 0 Å². The van der Waals surface area contributed by atoms with Crippen LogP contribution in [0.3, 0.4) is 0 Å². The number of ether oxygens (including phenoxy) is 1. The van der Waals surface area contributed by atoms with Gasteiger partial charge < -0.3 is 15.4 Å². The molecule has 11 heteroatoms. The number of anilines is 2. The van der Waals surface area contributed by atoms with Crippen LogP contribution in [0, 0.1) is 5.82 Å². The lowest BCUT2D eigenvalue weighted by Crippen LogP contribution is -2.53. The van der Waals surface area contributed by atoms with Gasteiger partial charge in [0.2, 0.25) is 5.91 Å². The third-order valence-corrected chi connectivity index (χ3v) is 6.60. The second kappa shape index (κ2) is 8.98.